The molecule has 482 valence electrons. The van der Waals surface area contributed by atoms with E-state index >= 15 is 0 Å². The molecule has 1 unspecified atom stereocenters. The quantitative estimate of drug-likeness (QED) is 0.0538. The van der Waals surface area contributed by atoms with E-state index in [1.54, 1.807) is 0 Å². The average Bonchev–Trinajstić information content (AvgIpc) is 3.65. The van der Waals surface area contributed by atoms with Crippen LogP contribution in [0.25, 0.3) is 0 Å². The molecular weight excluding hydrogens is 1140 g/mol. The molecule has 0 aliphatic carbocycles. The molecule has 0 saturated carbocycles. The van der Waals surface area contributed by atoms with E-state index in [4.69, 9.17) is 61.6 Å². The van der Waals surface area contributed by atoms with E-state index in [1.807, 2.05) is 0 Å². The Morgan fingerprint density at radius 1 is 0.313 bits per heavy atom. The monoisotopic (exact) mass is 1220 g/mol. The molecule has 37 heteroatoms. The highest BCUT2D eigenvalue weighted by molar-refractivity contribution is 5.73. The zero-order chi connectivity index (χ0) is 61.2. The minimum Gasteiger partial charge on any atom is -0.394 e. The van der Waals surface area contributed by atoms with E-state index < -0.39 is 266 Å². The normalized spacial score (nSPS) is 50.8. The number of hydrogen-bond donors (Lipinski definition) is 22. The van der Waals surface area contributed by atoms with Crippen molar-refractivity contribution in [2.75, 3.05) is 39.6 Å². The molecule has 0 spiro atoms. The van der Waals surface area contributed by atoms with E-state index in [0.29, 0.717) is 0 Å². The van der Waals surface area contributed by atoms with Crippen molar-refractivity contribution in [2.45, 2.75) is 236 Å². The van der Waals surface area contributed by atoms with Crippen LogP contribution in [0.1, 0.15) is 20.8 Å². The number of rotatable bonds is 20. The summed E-state index contributed by atoms with van der Waals surface area (Å²) in [5, 5.41) is 221. The van der Waals surface area contributed by atoms with Gasteiger partial charge < -0.3 is 174 Å². The second-order valence-electron chi connectivity index (χ2n) is 21.0. The third kappa shape index (κ3) is 14.5. The van der Waals surface area contributed by atoms with Gasteiger partial charge in [0, 0.05) is 13.8 Å². The molecule has 7 saturated heterocycles. The number of nitrogens with one attached hydrogen (secondary N) is 2. The fourth-order valence-electron chi connectivity index (χ4n) is 10.7. The summed E-state index contributed by atoms with van der Waals surface area (Å²) in [6.45, 7) is -2.85. The van der Waals surface area contributed by atoms with Crippen molar-refractivity contribution in [1.82, 2.24) is 10.6 Å². The minimum absolute atomic E-state index is 0.890. The summed E-state index contributed by atoms with van der Waals surface area (Å²) < 4.78 is 74.8. The van der Waals surface area contributed by atoms with Gasteiger partial charge in [-0.1, -0.05) is 0 Å². The molecule has 0 radical (unpaired) electrons. The van der Waals surface area contributed by atoms with Gasteiger partial charge in [-0.15, -0.1) is 0 Å². The topological polar surface area (TPSA) is 583 Å². The number of ether oxygens (including phenoxy) is 13. The van der Waals surface area contributed by atoms with Gasteiger partial charge in [-0.25, -0.2) is 0 Å². The molecule has 0 aromatic carbocycles. The Morgan fingerprint density at radius 3 is 1.17 bits per heavy atom. The van der Waals surface area contributed by atoms with Gasteiger partial charge in [0.15, 0.2) is 44.0 Å². The van der Waals surface area contributed by atoms with E-state index in [2.05, 4.69) is 10.6 Å². The molecule has 7 fully saturated rings. The van der Waals surface area contributed by atoms with Gasteiger partial charge in [0.25, 0.3) is 0 Å². The number of carbonyl (C=O) groups is 2. The first-order valence-electron chi connectivity index (χ1n) is 26.5. The Hall–Kier alpha value is -2.38. The smallest absolute Gasteiger partial charge is 0.217 e. The Bertz CT molecular complexity index is 2050. The first-order valence-corrected chi connectivity index (χ1v) is 26.5. The molecule has 35 atom stereocenters. The number of carbonyl (C=O) groups excluding carboxylic acids is 2. The predicted octanol–water partition coefficient (Wildman–Crippen LogP) is -15.0. The third-order valence-electron chi connectivity index (χ3n) is 15.3. The van der Waals surface area contributed by atoms with Gasteiger partial charge in [0.2, 0.25) is 11.8 Å². The van der Waals surface area contributed by atoms with Gasteiger partial charge in [0.05, 0.1) is 45.7 Å². The lowest BCUT2D eigenvalue weighted by Crippen LogP contribution is -2.71. The molecule has 7 aliphatic heterocycles. The van der Waals surface area contributed by atoms with Crippen molar-refractivity contribution in [3.63, 3.8) is 0 Å². The van der Waals surface area contributed by atoms with Crippen LogP contribution >= 0.6 is 0 Å². The SMILES string of the molecule is CC(=O)N[C@H]1[C@H](O[C@H]2[C@@H](O)[C@@H](CO)O[C@@H](O[C@H]3[C@H](O)[C@@H](CO)O[C@@H](O[C@H]4[C@@H](O)[C@@H](CO)O[C@@H](O[C@H]5[C@H](O)[C@@H](O)C(O)O[C@@H]5CO)[C@@H]4O)[C@@H]3NC(C)=O)[C@@H]2O)O[C@H](CO)[C@@H](O[C@@H]2O[C@H](CO)[C@H](O)[C@H](O)[C@H]2O[C@@H]2O[C@@H](C)[C@@H](O)[C@@H](O)[C@@H]2O)[C@@H]1O. The van der Waals surface area contributed by atoms with Crippen molar-refractivity contribution >= 4 is 11.8 Å². The predicted molar refractivity (Wildman–Crippen MR) is 254 cm³/mol. The molecule has 0 aromatic rings. The van der Waals surface area contributed by atoms with E-state index in [0.717, 1.165) is 13.8 Å². The largest absolute Gasteiger partial charge is 0.394 e. The Morgan fingerprint density at radius 2 is 0.663 bits per heavy atom. The molecule has 0 bridgehead atoms. The number of hydrogen-bond acceptors (Lipinski definition) is 35. The summed E-state index contributed by atoms with van der Waals surface area (Å²) in [5.41, 5.74) is 0. The standard InChI is InChI=1S/C46H78N2O35/c1-10-21(57)27(63)31(67)43(71-10)83-39-28(64)22(58)13(4-49)76-46(39)79-34-18(9-54)77-41(19(26(34)62)47-11(2)55)81-37-24(60)16(7-52)75-45(33(37)69)80-36-20(48-12(3)56)42(73-14(5-50)23(36)59)82-38-25(61)15(6-51)74-44(32(38)68)78-35-17(8-53)72-40(70)30(66)29(35)65/h10,13-46,49-54,57-70H,4-9H2,1-3H3,(H,47,55)(H,48,56)/t10-,13+,14+,15+,16+,17+,18+,19+,20+,21+,22-,23+,24-,25-,26+,27+,28-,29+,30+,31-,32+,33+,34+,35+,36+,37-,38-,39+,40?,41-,42-,43-,44-,45-,46-/m0/s1. The molecular formula is C46H78N2O35. The van der Waals surface area contributed by atoms with Crippen LogP contribution in [-0.2, 0) is 71.2 Å². The van der Waals surface area contributed by atoms with Crippen molar-refractivity contribution in [1.29, 1.82) is 0 Å². The fourth-order valence-corrected chi connectivity index (χ4v) is 10.7. The lowest BCUT2D eigenvalue weighted by atomic mass is 9.93. The van der Waals surface area contributed by atoms with Gasteiger partial charge in [-0.05, 0) is 6.92 Å². The van der Waals surface area contributed by atoms with Gasteiger partial charge >= 0.3 is 0 Å². The maximum atomic E-state index is 12.9. The van der Waals surface area contributed by atoms with Gasteiger partial charge in [-0.3, -0.25) is 9.59 Å². The summed E-state index contributed by atoms with van der Waals surface area (Å²) in [7, 11) is 0. The molecule has 7 aliphatic rings. The van der Waals surface area contributed by atoms with Crippen LogP contribution in [0, 0.1) is 0 Å². The van der Waals surface area contributed by atoms with Crippen LogP contribution in [0.2, 0.25) is 0 Å². The first kappa shape index (κ1) is 68.1. The molecule has 83 heavy (non-hydrogen) atoms. The Kier molecular flexibility index (Phi) is 24.0. The molecule has 37 nitrogen and oxygen atoms in total. The highest BCUT2D eigenvalue weighted by atomic mass is 16.8. The second-order valence-corrected chi connectivity index (χ2v) is 21.0. The van der Waals surface area contributed by atoms with E-state index in [1.165, 1.54) is 6.92 Å². The lowest BCUT2D eigenvalue weighted by Gasteiger charge is -2.51. The number of aliphatic hydroxyl groups excluding tert-OH is 20. The molecule has 7 rings (SSSR count). The Labute approximate surface area is 470 Å². The molecule has 0 aromatic heterocycles. The summed E-state index contributed by atoms with van der Waals surface area (Å²) >= 11 is 0. The van der Waals surface area contributed by atoms with Crippen LogP contribution in [0.4, 0.5) is 0 Å². The lowest BCUT2D eigenvalue weighted by molar-refractivity contribution is -0.392. The van der Waals surface area contributed by atoms with E-state index in [9.17, 15) is 112 Å². The third-order valence-corrected chi connectivity index (χ3v) is 15.3. The van der Waals surface area contributed by atoms with E-state index in [-0.39, 0.29) is 0 Å². The van der Waals surface area contributed by atoms with Crippen molar-refractivity contribution in [2.24, 2.45) is 0 Å². The fraction of sp³-hybridized carbons (Fsp3) is 0.957. The summed E-state index contributed by atoms with van der Waals surface area (Å²) in [4.78, 5) is 25.6. The maximum absolute atomic E-state index is 12.9. The average molecular weight is 1220 g/mol. The van der Waals surface area contributed by atoms with Crippen LogP contribution < -0.4 is 10.6 Å². The first-order chi connectivity index (χ1) is 39.2. The summed E-state index contributed by atoms with van der Waals surface area (Å²) in [6, 6.07) is -3.70. The van der Waals surface area contributed by atoms with Gasteiger partial charge in [-0.2, -0.15) is 0 Å². The number of aliphatic hydroxyl groups is 20. The summed E-state index contributed by atoms with van der Waals surface area (Å²) in [6.07, 6.45) is -63.4. The van der Waals surface area contributed by atoms with Crippen molar-refractivity contribution in [3.05, 3.63) is 0 Å². The van der Waals surface area contributed by atoms with Crippen LogP contribution in [0.3, 0.4) is 0 Å². The van der Waals surface area contributed by atoms with Crippen LogP contribution in [0.15, 0.2) is 0 Å². The van der Waals surface area contributed by atoms with Gasteiger partial charge in [0.1, 0.15) is 165 Å². The van der Waals surface area contributed by atoms with Crippen LogP contribution in [0.5, 0.6) is 0 Å². The molecule has 22 N–H and O–H groups in total. The summed E-state index contributed by atoms with van der Waals surface area (Å²) in [5.74, 6) is -1.79. The molecule has 2 amide bonds. The van der Waals surface area contributed by atoms with Crippen molar-refractivity contribution in [3.8, 4) is 0 Å². The maximum Gasteiger partial charge on any atom is 0.217 e. The second kappa shape index (κ2) is 29.3. The van der Waals surface area contributed by atoms with Crippen molar-refractivity contribution < 1.29 is 173 Å². The van der Waals surface area contributed by atoms with Crippen LogP contribution in [-0.4, -0.2) is 368 Å². The minimum atomic E-state index is -2.31. The number of amides is 2. The zero-order valence-electron chi connectivity index (χ0n) is 44.5. The zero-order valence-corrected chi connectivity index (χ0v) is 44.5. The highest BCUT2D eigenvalue weighted by Crippen LogP contribution is 2.38. The molecule has 7 heterocycles. The Balaban J connectivity index is 1.13. The highest BCUT2D eigenvalue weighted by Gasteiger charge is 2.59.